The monoisotopic (exact) mass is 714 g/mol. The van der Waals surface area contributed by atoms with E-state index in [4.69, 9.17) is 4.74 Å². The highest BCUT2D eigenvalue weighted by Crippen LogP contribution is 2.58. The van der Waals surface area contributed by atoms with Crippen molar-refractivity contribution >= 4 is 39.6 Å². The number of hydrogen-bond acceptors (Lipinski definition) is 8. The minimum atomic E-state index is -0.727. The number of hydrogen-bond donors (Lipinski definition) is 3. The van der Waals surface area contributed by atoms with E-state index in [2.05, 4.69) is 15.9 Å². The van der Waals surface area contributed by atoms with E-state index in [1.54, 1.807) is 60.7 Å². The van der Waals surface area contributed by atoms with Crippen LogP contribution in [-0.2, 0) is 32.0 Å². The van der Waals surface area contributed by atoms with Crippen molar-refractivity contribution in [2.24, 2.45) is 29.6 Å². The Morgan fingerprint density at radius 1 is 0.729 bits per heavy atom. The highest BCUT2D eigenvalue weighted by Gasteiger charge is 2.61. The van der Waals surface area contributed by atoms with E-state index in [0.717, 1.165) is 16.7 Å². The van der Waals surface area contributed by atoms with Gasteiger partial charge in [0.15, 0.2) is 11.5 Å². The first-order valence-electron chi connectivity index (χ1n) is 16.1. The van der Waals surface area contributed by atoms with Crippen LogP contribution in [0.2, 0.25) is 0 Å². The lowest BCUT2D eigenvalue weighted by molar-refractivity contribution is -0.142. The standard InChI is InChI=1S/C37H35BrN2O8/c1-48-29-17-21(16-28(38)33(29)43)30-24-10-11-25-31(36(46)39(34(25)44)14-12-19-2-6-22(41)7-3-19)26(24)18-27-32(30)37(47)40(35(27)45)15-13-20-4-8-23(42)9-5-20/h2-10,16-17,25-27,30-32,41-43H,11-15,18H2,1H3. The average Bonchev–Trinajstić information content (AvgIpc) is 3.47. The van der Waals surface area contributed by atoms with Crippen molar-refractivity contribution in [3.8, 4) is 23.0 Å². The molecule has 6 atom stereocenters. The lowest BCUT2D eigenvalue weighted by Gasteiger charge is -2.44. The molecule has 10 nitrogen and oxygen atoms in total. The molecule has 0 aromatic heterocycles. The number of phenols is 3. The number of carbonyl (C=O) groups excluding carboxylic acids is 4. The molecule has 0 bridgehead atoms. The Bertz CT molecular complexity index is 1840. The summed E-state index contributed by atoms with van der Waals surface area (Å²) in [7, 11) is 1.44. The number of benzene rings is 3. The zero-order chi connectivity index (χ0) is 33.9. The van der Waals surface area contributed by atoms with Gasteiger partial charge in [0, 0.05) is 19.0 Å². The molecule has 2 heterocycles. The largest absolute Gasteiger partial charge is 0.508 e. The first-order chi connectivity index (χ1) is 23.1. The topological polar surface area (TPSA) is 145 Å². The summed E-state index contributed by atoms with van der Waals surface area (Å²) >= 11 is 3.42. The van der Waals surface area contributed by atoms with Gasteiger partial charge in [-0.2, -0.15) is 0 Å². The fraction of sp³-hybridized carbons (Fsp3) is 0.351. The summed E-state index contributed by atoms with van der Waals surface area (Å²) in [6.07, 6.45) is 3.47. The third kappa shape index (κ3) is 5.34. The quantitative estimate of drug-likeness (QED) is 0.225. The molecular weight excluding hydrogens is 680 g/mol. The Labute approximate surface area is 285 Å². The van der Waals surface area contributed by atoms with Crippen LogP contribution in [0.1, 0.15) is 35.4 Å². The van der Waals surface area contributed by atoms with E-state index >= 15 is 0 Å². The summed E-state index contributed by atoms with van der Waals surface area (Å²) in [6.45, 7) is 0.376. The number of ether oxygens (including phenoxy) is 1. The van der Waals surface area contributed by atoms with Crippen molar-refractivity contribution in [3.63, 3.8) is 0 Å². The number of amides is 4. The van der Waals surface area contributed by atoms with E-state index in [1.165, 1.54) is 16.9 Å². The molecule has 7 rings (SSSR count). The van der Waals surface area contributed by atoms with Gasteiger partial charge in [-0.15, -0.1) is 0 Å². The molecule has 0 radical (unpaired) electrons. The first-order valence-corrected chi connectivity index (χ1v) is 16.9. The van der Waals surface area contributed by atoms with E-state index < -0.39 is 35.5 Å². The zero-order valence-electron chi connectivity index (χ0n) is 26.2. The lowest BCUT2D eigenvalue weighted by atomic mass is 9.57. The molecule has 248 valence electrons. The van der Waals surface area contributed by atoms with Crippen LogP contribution >= 0.6 is 15.9 Å². The summed E-state index contributed by atoms with van der Waals surface area (Å²) in [5.41, 5.74) is 3.29. The Morgan fingerprint density at radius 2 is 1.27 bits per heavy atom. The number of aromatic hydroxyl groups is 3. The van der Waals surface area contributed by atoms with E-state index in [0.29, 0.717) is 29.3 Å². The maximum atomic E-state index is 14.2. The van der Waals surface area contributed by atoms with Gasteiger partial charge in [0.05, 0.1) is 35.3 Å². The third-order valence-corrected chi connectivity index (χ3v) is 11.2. The molecule has 3 aromatic rings. The van der Waals surface area contributed by atoms with Gasteiger partial charge in [0.2, 0.25) is 23.6 Å². The number of imide groups is 2. The fourth-order valence-corrected chi connectivity index (χ4v) is 8.73. The van der Waals surface area contributed by atoms with Gasteiger partial charge >= 0.3 is 0 Å². The van der Waals surface area contributed by atoms with Crippen molar-refractivity contribution in [2.75, 3.05) is 20.2 Å². The maximum Gasteiger partial charge on any atom is 0.234 e. The number of carbonyl (C=O) groups is 4. The summed E-state index contributed by atoms with van der Waals surface area (Å²) in [6, 6.07) is 16.7. The molecule has 2 aliphatic heterocycles. The van der Waals surface area contributed by atoms with Gasteiger partial charge < -0.3 is 20.1 Å². The molecule has 3 aromatic carbocycles. The molecular formula is C37H35BrN2O8. The zero-order valence-corrected chi connectivity index (χ0v) is 27.8. The number of methoxy groups -OCH3 is 1. The van der Waals surface area contributed by atoms with Crippen LogP contribution in [0.3, 0.4) is 0 Å². The summed E-state index contributed by atoms with van der Waals surface area (Å²) < 4.78 is 5.83. The number of halogens is 1. The van der Waals surface area contributed by atoms with Gasteiger partial charge in [-0.3, -0.25) is 29.0 Å². The third-order valence-electron chi connectivity index (χ3n) is 10.6. The van der Waals surface area contributed by atoms with Gasteiger partial charge in [-0.25, -0.2) is 0 Å². The van der Waals surface area contributed by atoms with Crippen molar-refractivity contribution in [1.82, 2.24) is 9.80 Å². The number of allylic oxidation sites excluding steroid dienone is 2. The minimum absolute atomic E-state index is 0.0898. The van der Waals surface area contributed by atoms with Crippen molar-refractivity contribution in [1.29, 1.82) is 0 Å². The predicted octanol–water partition coefficient (Wildman–Crippen LogP) is 4.70. The molecule has 11 heteroatoms. The molecule has 4 amide bonds. The van der Waals surface area contributed by atoms with Gasteiger partial charge in [0.1, 0.15) is 11.5 Å². The van der Waals surface area contributed by atoms with Crippen molar-refractivity contribution < 1.29 is 39.2 Å². The Kier molecular flexibility index (Phi) is 8.27. The highest BCUT2D eigenvalue weighted by molar-refractivity contribution is 9.10. The second-order valence-corrected chi connectivity index (χ2v) is 13.9. The molecule has 1 saturated carbocycles. The summed E-state index contributed by atoms with van der Waals surface area (Å²) in [5, 5.41) is 29.9. The Morgan fingerprint density at radius 3 is 1.83 bits per heavy atom. The average molecular weight is 716 g/mol. The normalized spacial score (nSPS) is 26.3. The SMILES string of the molecule is COc1cc(C2C3=CCC4C(=O)N(CCc5ccc(O)cc5)C(=O)C4C3CC3C(=O)N(CCc4ccc(O)cc4)C(=O)C32)cc(Br)c1O. The number of phenolic OH excluding ortho intramolecular Hbond substituents is 3. The maximum absolute atomic E-state index is 14.2. The first kappa shape index (κ1) is 31.9. The van der Waals surface area contributed by atoms with Gasteiger partial charge in [-0.05, 0) is 101 Å². The van der Waals surface area contributed by atoms with Crippen LogP contribution in [0.25, 0.3) is 0 Å². The fourth-order valence-electron chi connectivity index (χ4n) is 8.27. The summed E-state index contributed by atoms with van der Waals surface area (Å²) in [5.74, 6) is -4.33. The lowest BCUT2D eigenvalue weighted by Crippen LogP contribution is -2.43. The second kappa shape index (κ2) is 12.4. The Hall–Kier alpha value is -4.64. The highest BCUT2D eigenvalue weighted by atomic mass is 79.9. The molecule has 48 heavy (non-hydrogen) atoms. The van der Waals surface area contributed by atoms with Crippen molar-refractivity contribution in [3.05, 3.63) is 93.5 Å². The van der Waals surface area contributed by atoms with Crippen molar-refractivity contribution in [2.45, 2.75) is 31.6 Å². The number of fused-ring (bicyclic) bond motifs is 4. The molecule has 0 spiro atoms. The number of likely N-dealkylation sites (tertiary alicyclic amines) is 2. The molecule has 4 aliphatic rings. The molecule has 2 aliphatic carbocycles. The van der Waals surface area contributed by atoms with Gasteiger partial charge in [-0.1, -0.05) is 35.9 Å². The van der Waals surface area contributed by atoms with Crippen LogP contribution < -0.4 is 4.74 Å². The van der Waals surface area contributed by atoms with E-state index in [-0.39, 0.29) is 66.1 Å². The molecule has 2 saturated heterocycles. The minimum Gasteiger partial charge on any atom is -0.508 e. The Balaban J connectivity index is 1.23. The van der Waals surface area contributed by atoms with Crippen LogP contribution in [0.4, 0.5) is 0 Å². The van der Waals surface area contributed by atoms with E-state index in [9.17, 15) is 34.5 Å². The van der Waals surface area contributed by atoms with Crippen LogP contribution in [0.15, 0.2) is 76.8 Å². The molecule has 3 fully saturated rings. The van der Waals surface area contributed by atoms with Crippen LogP contribution in [0.5, 0.6) is 23.0 Å². The smallest absolute Gasteiger partial charge is 0.234 e. The van der Waals surface area contributed by atoms with Crippen LogP contribution in [0, 0.1) is 29.6 Å². The number of nitrogens with zero attached hydrogens (tertiary/aromatic N) is 2. The van der Waals surface area contributed by atoms with Crippen LogP contribution in [-0.4, -0.2) is 68.9 Å². The number of rotatable bonds is 8. The predicted molar refractivity (Wildman–Crippen MR) is 177 cm³/mol. The van der Waals surface area contributed by atoms with Gasteiger partial charge in [0.25, 0.3) is 0 Å². The summed E-state index contributed by atoms with van der Waals surface area (Å²) in [4.78, 5) is 58.8. The molecule has 6 unspecified atom stereocenters. The second-order valence-electron chi connectivity index (χ2n) is 13.1. The van der Waals surface area contributed by atoms with E-state index in [1.807, 2.05) is 6.08 Å². The molecule has 3 N–H and O–H groups in total.